The fraction of sp³-hybridized carbons (Fsp3) is 1.00. The van der Waals surface area contributed by atoms with Crippen LogP contribution in [0.4, 0.5) is 4.39 Å². The van der Waals surface area contributed by atoms with Crippen molar-refractivity contribution in [2.45, 2.75) is 26.9 Å². The van der Waals surface area contributed by atoms with Gasteiger partial charge in [-0.25, -0.2) is 4.39 Å². The third-order valence-electron chi connectivity index (χ3n) is 2.63. The minimum Gasteiger partial charge on any atom is -0.315 e. The smallest absolute Gasteiger partial charge is 0.110 e. The van der Waals surface area contributed by atoms with Gasteiger partial charge in [0.05, 0.1) is 0 Å². The number of hydrogen-bond acceptors (Lipinski definition) is 2. The van der Waals surface area contributed by atoms with E-state index < -0.39 is 6.17 Å². The van der Waals surface area contributed by atoms with Crippen molar-refractivity contribution in [3.63, 3.8) is 0 Å². The molecule has 13 heavy (non-hydrogen) atoms. The van der Waals surface area contributed by atoms with Crippen LogP contribution in [0.25, 0.3) is 0 Å². The first-order valence-electron chi connectivity index (χ1n) is 5.27. The van der Waals surface area contributed by atoms with Crippen LogP contribution >= 0.6 is 0 Å². The number of likely N-dealkylation sites (tertiary alicyclic amines) is 1. The predicted molar refractivity (Wildman–Crippen MR) is 53.7 cm³/mol. The summed E-state index contributed by atoms with van der Waals surface area (Å²) in [4.78, 5) is 2.20. The van der Waals surface area contributed by atoms with Crippen molar-refractivity contribution >= 4 is 0 Å². The van der Waals surface area contributed by atoms with E-state index in [9.17, 15) is 4.39 Å². The lowest BCUT2D eigenvalue weighted by Crippen LogP contribution is -2.71. The van der Waals surface area contributed by atoms with Gasteiger partial charge >= 0.3 is 0 Å². The fourth-order valence-corrected chi connectivity index (χ4v) is 2.09. The Morgan fingerprint density at radius 2 is 1.92 bits per heavy atom. The number of halogens is 1. The first-order valence-corrected chi connectivity index (χ1v) is 5.27. The van der Waals surface area contributed by atoms with E-state index in [0.29, 0.717) is 12.0 Å². The van der Waals surface area contributed by atoms with Crippen molar-refractivity contribution in [1.29, 1.82) is 0 Å². The molecule has 3 heteroatoms. The summed E-state index contributed by atoms with van der Waals surface area (Å²) in [7, 11) is 0. The molecule has 0 aromatic heterocycles. The summed E-state index contributed by atoms with van der Waals surface area (Å²) in [5, 5.41) is 3.26. The van der Waals surface area contributed by atoms with Crippen molar-refractivity contribution in [3.8, 4) is 0 Å². The van der Waals surface area contributed by atoms with E-state index in [1.165, 1.54) is 0 Å². The van der Waals surface area contributed by atoms with Gasteiger partial charge in [-0.3, -0.25) is 4.90 Å². The molecule has 1 N–H and O–H groups in total. The highest BCUT2D eigenvalue weighted by atomic mass is 19.1. The summed E-state index contributed by atoms with van der Waals surface area (Å²) in [6.45, 7) is 10.8. The summed E-state index contributed by atoms with van der Waals surface area (Å²) in [6, 6.07) is 0. The van der Waals surface area contributed by atoms with Crippen LogP contribution < -0.4 is 5.32 Å². The summed E-state index contributed by atoms with van der Waals surface area (Å²) in [6.07, 6.45) is -0.666. The molecule has 1 unspecified atom stereocenters. The molecule has 78 valence electrons. The number of alkyl halides is 1. The summed E-state index contributed by atoms with van der Waals surface area (Å²) >= 11 is 0. The maximum Gasteiger partial charge on any atom is 0.110 e. The Balaban J connectivity index is 0.000000396. The first-order chi connectivity index (χ1) is 6.20. The lowest BCUT2D eigenvalue weighted by atomic mass is 9.74. The first kappa shape index (κ1) is 10.9. The van der Waals surface area contributed by atoms with Gasteiger partial charge < -0.3 is 5.32 Å². The Hall–Kier alpha value is -0.150. The third-order valence-corrected chi connectivity index (χ3v) is 2.63. The van der Waals surface area contributed by atoms with Gasteiger partial charge in [0.2, 0.25) is 0 Å². The third kappa shape index (κ3) is 2.41. The van der Waals surface area contributed by atoms with E-state index in [0.717, 1.165) is 26.2 Å². The van der Waals surface area contributed by atoms with E-state index in [2.05, 4.69) is 10.2 Å². The summed E-state index contributed by atoms with van der Waals surface area (Å²) in [5.41, 5.74) is 0.550. The minimum absolute atomic E-state index is 0.550. The largest absolute Gasteiger partial charge is 0.315 e. The molecule has 2 aliphatic heterocycles. The molecule has 2 nitrogen and oxygen atoms in total. The van der Waals surface area contributed by atoms with Crippen molar-refractivity contribution in [1.82, 2.24) is 10.2 Å². The lowest BCUT2D eigenvalue weighted by molar-refractivity contribution is -0.0481. The lowest BCUT2D eigenvalue weighted by Gasteiger charge is -2.56. The molecule has 1 spiro atoms. The highest BCUT2D eigenvalue weighted by Gasteiger charge is 2.47. The average Bonchev–Trinajstić information content (AvgIpc) is 1.96. The average molecular weight is 188 g/mol. The van der Waals surface area contributed by atoms with Crippen molar-refractivity contribution in [3.05, 3.63) is 0 Å². The quantitative estimate of drug-likeness (QED) is 0.702. The molecule has 2 heterocycles. The second-order valence-corrected chi connectivity index (χ2v) is 4.05. The van der Waals surface area contributed by atoms with Crippen molar-refractivity contribution in [2.75, 3.05) is 32.7 Å². The van der Waals surface area contributed by atoms with Crippen LogP contribution in [0.3, 0.4) is 0 Å². The molecular formula is C10H21FN2. The van der Waals surface area contributed by atoms with Crippen LogP contribution in [0, 0.1) is 5.41 Å². The molecule has 0 bridgehead atoms. The molecule has 0 saturated carbocycles. The van der Waals surface area contributed by atoms with Gasteiger partial charge in [0.15, 0.2) is 0 Å². The molecule has 0 amide bonds. The van der Waals surface area contributed by atoms with Crippen LogP contribution in [0.1, 0.15) is 20.8 Å². The van der Waals surface area contributed by atoms with Crippen molar-refractivity contribution < 1.29 is 4.39 Å². The molecule has 0 aromatic rings. The van der Waals surface area contributed by atoms with Crippen molar-refractivity contribution in [2.24, 2.45) is 5.41 Å². The fourth-order valence-electron chi connectivity index (χ4n) is 2.09. The van der Waals surface area contributed by atoms with E-state index in [1.807, 2.05) is 13.8 Å². The monoisotopic (exact) mass is 188 g/mol. The minimum atomic E-state index is -0.666. The molecule has 2 aliphatic rings. The van der Waals surface area contributed by atoms with Gasteiger partial charge in [0, 0.05) is 38.1 Å². The molecule has 0 aliphatic carbocycles. The molecule has 2 rings (SSSR count). The standard InChI is InChI=1S/C8H15FN2.C2H6/c1-7(9)2-11-5-8(6-11)3-10-4-8;1-2/h7,10H,2-6H2,1H3;1-2H3. The van der Waals surface area contributed by atoms with Gasteiger partial charge in [0.1, 0.15) is 6.17 Å². The van der Waals surface area contributed by atoms with Crippen LogP contribution in [0.5, 0.6) is 0 Å². The van der Waals surface area contributed by atoms with Crippen LogP contribution in [-0.4, -0.2) is 43.8 Å². The second kappa shape index (κ2) is 4.38. The normalized spacial score (nSPS) is 26.8. The molecule has 0 aromatic carbocycles. The maximum absolute atomic E-state index is 12.5. The Bertz CT molecular complexity index is 147. The zero-order valence-electron chi connectivity index (χ0n) is 8.94. The van der Waals surface area contributed by atoms with Crippen LogP contribution in [0.15, 0.2) is 0 Å². The molecule has 1 atom stereocenters. The van der Waals surface area contributed by atoms with Gasteiger partial charge in [-0.1, -0.05) is 13.8 Å². The highest BCUT2D eigenvalue weighted by molar-refractivity contribution is 5.03. The Labute approximate surface area is 80.5 Å². The zero-order chi connectivity index (χ0) is 9.90. The molecule has 0 radical (unpaired) electrons. The van der Waals surface area contributed by atoms with Gasteiger partial charge in [-0.2, -0.15) is 0 Å². The summed E-state index contributed by atoms with van der Waals surface area (Å²) in [5.74, 6) is 0. The summed E-state index contributed by atoms with van der Waals surface area (Å²) < 4.78 is 12.5. The van der Waals surface area contributed by atoms with Gasteiger partial charge in [-0.15, -0.1) is 0 Å². The number of hydrogen-bond donors (Lipinski definition) is 1. The van der Waals surface area contributed by atoms with E-state index in [-0.39, 0.29) is 0 Å². The zero-order valence-corrected chi connectivity index (χ0v) is 8.94. The maximum atomic E-state index is 12.5. The highest BCUT2D eigenvalue weighted by Crippen LogP contribution is 2.33. The van der Waals surface area contributed by atoms with Crippen LogP contribution in [-0.2, 0) is 0 Å². The number of rotatable bonds is 2. The molecule has 2 saturated heterocycles. The van der Waals surface area contributed by atoms with E-state index in [4.69, 9.17) is 0 Å². The second-order valence-electron chi connectivity index (χ2n) is 4.05. The number of nitrogens with one attached hydrogen (secondary N) is 1. The molecular weight excluding hydrogens is 167 g/mol. The number of nitrogens with zero attached hydrogens (tertiary/aromatic N) is 1. The Morgan fingerprint density at radius 3 is 2.23 bits per heavy atom. The van der Waals surface area contributed by atoms with Gasteiger partial charge in [-0.05, 0) is 6.92 Å². The van der Waals surface area contributed by atoms with E-state index in [1.54, 1.807) is 6.92 Å². The SMILES string of the molecule is CC.CC(F)CN1CC2(CNC2)C1. The van der Waals surface area contributed by atoms with E-state index >= 15 is 0 Å². The topological polar surface area (TPSA) is 15.3 Å². The Kier molecular flexibility index (Phi) is 3.68. The molecule has 2 fully saturated rings. The predicted octanol–water partition coefficient (Wildman–Crippen LogP) is 1.28. The van der Waals surface area contributed by atoms with Gasteiger partial charge in [0.25, 0.3) is 0 Å². The Morgan fingerprint density at radius 1 is 1.38 bits per heavy atom. The van der Waals surface area contributed by atoms with Crippen LogP contribution in [0.2, 0.25) is 0 Å².